The molecule has 2 aromatic heterocycles. The summed E-state index contributed by atoms with van der Waals surface area (Å²) in [4.78, 5) is 22.8. The number of fused-ring (bicyclic) bond motifs is 1. The fourth-order valence-corrected chi connectivity index (χ4v) is 3.84. The summed E-state index contributed by atoms with van der Waals surface area (Å²) >= 11 is 0. The number of aromatic nitrogens is 3. The van der Waals surface area contributed by atoms with Crippen LogP contribution in [0.3, 0.4) is 0 Å². The molecule has 2 aromatic rings. The number of likely N-dealkylation sites (tertiary alicyclic amines) is 1. The van der Waals surface area contributed by atoms with Crippen molar-refractivity contribution in [1.82, 2.24) is 19.3 Å². The summed E-state index contributed by atoms with van der Waals surface area (Å²) in [5, 5.41) is 20.9. The van der Waals surface area contributed by atoms with Crippen LogP contribution in [0.2, 0.25) is 0 Å². The fourth-order valence-electron chi connectivity index (χ4n) is 3.84. The smallest absolute Gasteiger partial charge is 0.274 e. The number of aliphatic hydroxyl groups is 2. The highest BCUT2D eigenvalue weighted by Gasteiger charge is 2.53. The van der Waals surface area contributed by atoms with Gasteiger partial charge in [-0.15, -0.1) is 0 Å². The number of ether oxygens (including phenoxy) is 1. The van der Waals surface area contributed by atoms with E-state index in [1.165, 1.54) is 0 Å². The first-order valence-electron chi connectivity index (χ1n) is 8.55. The summed E-state index contributed by atoms with van der Waals surface area (Å²) in [6, 6.07) is 1.78. The average Bonchev–Trinajstić information content (AvgIpc) is 3.04. The van der Waals surface area contributed by atoms with Crippen molar-refractivity contribution in [2.45, 2.75) is 43.5 Å². The summed E-state index contributed by atoms with van der Waals surface area (Å²) in [5.74, 6) is 0.332. The van der Waals surface area contributed by atoms with Gasteiger partial charge in [0.15, 0.2) is 0 Å². The van der Waals surface area contributed by atoms with Crippen molar-refractivity contribution in [2.24, 2.45) is 0 Å². The molecular formula is C17H22N4O4. The normalized spacial score (nSPS) is 29.2. The molecule has 0 radical (unpaired) electrons. The molecule has 0 aromatic carbocycles. The van der Waals surface area contributed by atoms with Gasteiger partial charge in [-0.3, -0.25) is 9.20 Å². The predicted molar refractivity (Wildman–Crippen MR) is 88.1 cm³/mol. The maximum atomic E-state index is 12.7. The van der Waals surface area contributed by atoms with E-state index >= 15 is 0 Å². The van der Waals surface area contributed by atoms with E-state index in [1.54, 1.807) is 40.9 Å². The highest BCUT2D eigenvalue weighted by molar-refractivity contribution is 5.92. The number of hydrogen-bond donors (Lipinski definition) is 2. The second kappa shape index (κ2) is 5.76. The van der Waals surface area contributed by atoms with Gasteiger partial charge < -0.3 is 19.8 Å². The molecule has 8 heteroatoms. The van der Waals surface area contributed by atoms with Crippen LogP contribution in [0.5, 0.6) is 0 Å². The van der Waals surface area contributed by atoms with Crippen molar-refractivity contribution in [2.75, 3.05) is 19.7 Å². The summed E-state index contributed by atoms with van der Waals surface area (Å²) in [6.07, 6.45) is 5.54. The Bertz CT molecular complexity index is 762. The Hall–Kier alpha value is -2.03. The van der Waals surface area contributed by atoms with Crippen LogP contribution >= 0.6 is 0 Å². The minimum Gasteiger partial charge on any atom is -0.387 e. The van der Waals surface area contributed by atoms with Crippen LogP contribution in [-0.4, -0.2) is 72.4 Å². The average molecular weight is 346 g/mol. The Morgan fingerprint density at radius 1 is 1.36 bits per heavy atom. The summed E-state index contributed by atoms with van der Waals surface area (Å²) in [7, 11) is 0. The van der Waals surface area contributed by atoms with Crippen molar-refractivity contribution in [1.29, 1.82) is 0 Å². The number of carbonyl (C=O) groups excluding carboxylic acids is 1. The van der Waals surface area contributed by atoms with Gasteiger partial charge in [-0.25, -0.2) is 9.97 Å². The topological polar surface area (TPSA) is 100 Å². The third kappa shape index (κ3) is 2.70. The van der Waals surface area contributed by atoms with Gasteiger partial charge in [-0.05, 0) is 25.8 Å². The van der Waals surface area contributed by atoms with E-state index in [0.29, 0.717) is 50.4 Å². The molecule has 2 saturated heterocycles. The van der Waals surface area contributed by atoms with Gasteiger partial charge in [-0.1, -0.05) is 0 Å². The maximum Gasteiger partial charge on any atom is 0.274 e. The third-order valence-corrected chi connectivity index (χ3v) is 5.44. The van der Waals surface area contributed by atoms with Crippen LogP contribution in [0.25, 0.3) is 5.78 Å². The number of hydrogen-bond acceptors (Lipinski definition) is 6. The molecule has 2 N–H and O–H groups in total. The van der Waals surface area contributed by atoms with E-state index in [1.807, 2.05) is 0 Å². The molecule has 2 aliphatic heterocycles. The highest BCUT2D eigenvalue weighted by Crippen LogP contribution is 2.39. The molecule has 8 nitrogen and oxygen atoms in total. The molecule has 0 unspecified atom stereocenters. The van der Waals surface area contributed by atoms with Gasteiger partial charge in [0.25, 0.3) is 5.91 Å². The predicted octanol–water partition coefficient (Wildman–Crippen LogP) is 0.236. The Labute approximate surface area is 145 Å². The van der Waals surface area contributed by atoms with Crippen LogP contribution in [0.4, 0.5) is 0 Å². The van der Waals surface area contributed by atoms with Crippen molar-refractivity contribution < 1.29 is 19.7 Å². The lowest BCUT2D eigenvalue weighted by Crippen LogP contribution is -2.64. The van der Waals surface area contributed by atoms with Crippen LogP contribution in [-0.2, 0) is 4.74 Å². The number of aliphatic hydroxyl groups excluding tert-OH is 1. The summed E-state index contributed by atoms with van der Waals surface area (Å²) < 4.78 is 7.57. The monoisotopic (exact) mass is 346 g/mol. The standard InChI is InChI=1S/C17H22N4O4/c1-16(24)5-10-25-17(14(16)23)3-8-20(9-4-17)13(22)12-11-21-7-2-6-18-15(21)19-12/h2,6-7,11,14,23-24H,3-5,8-10H2,1H3/t14-,16+/m0/s1. The van der Waals surface area contributed by atoms with Gasteiger partial charge in [-0.2, -0.15) is 0 Å². The van der Waals surface area contributed by atoms with Crippen LogP contribution in [0.1, 0.15) is 36.7 Å². The molecule has 0 aliphatic carbocycles. The Balaban J connectivity index is 1.49. The van der Waals surface area contributed by atoms with Crippen LogP contribution < -0.4 is 0 Å². The molecule has 25 heavy (non-hydrogen) atoms. The lowest BCUT2D eigenvalue weighted by molar-refractivity contribution is -0.244. The third-order valence-electron chi connectivity index (χ3n) is 5.44. The molecule has 0 bridgehead atoms. The van der Waals surface area contributed by atoms with E-state index in [0.717, 1.165) is 0 Å². The Morgan fingerprint density at radius 2 is 2.12 bits per heavy atom. The lowest BCUT2D eigenvalue weighted by Gasteiger charge is -2.51. The number of nitrogens with zero attached hydrogens (tertiary/aromatic N) is 4. The van der Waals surface area contributed by atoms with E-state index < -0.39 is 17.3 Å². The van der Waals surface area contributed by atoms with Gasteiger partial charge >= 0.3 is 0 Å². The zero-order valence-electron chi connectivity index (χ0n) is 14.1. The Kier molecular flexibility index (Phi) is 3.78. The lowest BCUT2D eigenvalue weighted by atomic mass is 9.75. The summed E-state index contributed by atoms with van der Waals surface area (Å²) in [6.45, 7) is 2.96. The minimum absolute atomic E-state index is 0.155. The van der Waals surface area contributed by atoms with Crippen molar-refractivity contribution >= 4 is 11.7 Å². The number of amides is 1. The first-order chi connectivity index (χ1) is 11.9. The van der Waals surface area contributed by atoms with Gasteiger partial charge in [0, 0.05) is 38.1 Å². The minimum atomic E-state index is -1.16. The van der Waals surface area contributed by atoms with Gasteiger partial charge in [0.05, 0.1) is 12.2 Å². The molecule has 1 amide bonds. The SMILES string of the molecule is C[C@@]1(O)CCOC2(CCN(C(=O)c3cn4cccnc4n3)CC2)[C@H]1O. The zero-order chi connectivity index (χ0) is 17.7. The zero-order valence-corrected chi connectivity index (χ0v) is 14.1. The second-order valence-corrected chi connectivity index (χ2v) is 7.17. The number of piperidine rings is 1. The fraction of sp³-hybridized carbons (Fsp3) is 0.588. The molecule has 4 heterocycles. The molecule has 1 spiro atoms. The maximum absolute atomic E-state index is 12.7. The Morgan fingerprint density at radius 3 is 2.84 bits per heavy atom. The molecular weight excluding hydrogens is 324 g/mol. The molecule has 134 valence electrons. The highest BCUT2D eigenvalue weighted by atomic mass is 16.5. The number of carbonyl (C=O) groups is 1. The molecule has 2 aliphatic rings. The number of imidazole rings is 1. The van der Waals surface area contributed by atoms with Gasteiger partial charge in [0.1, 0.15) is 17.4 Å². The van der Waals surface area contributed by atoms with Crippen molar-refractivity contribution in [3.63, 3.8) is 0 Å². The van der Waals surface area contributed by atoms with E-state index in [2.05, 4.69) is 9.97 Å². The van der Waals surface area contributed by atoms with Crippen LogP contribution in [0.15, 0.2) is 24.7 Å². The first-order valence-corrected chi connectivity index (χ1v) is 8.55. The summed E-state index contributed by atoms with van der Waals surface area (Å²) in [5.41, 5.74) is -1.58. The molecule has 2 fully saturated rings. The van der Waals surface area contributed by atoms with E-state index in [9.17, 15) is 15.0 Å². The van der Waals surface area contributed by atoms with Crippen molar-refractivity contribution in [3.05, 3.63) is 30.4 Å². The largest absolute Gasteiger partial charge is 0.387 e. The molecule has 4 rings (SSSR count). The second-order valence-electron chi connectivity index (χ2n) is 7.17. The van der Waals surface area contributed by atoms with Crippen molar-refractivity contribution in [3.8, 4) is 0 Å². The van der Waals surface area contributed by atoms with Gasteiger partial charge in [0.2, 0.25) is 5.78 Å². The number of rotatable bonds is 1. The quantitative estimate of drug-likeness (QED) is 0.767. The molecule has 0 saturated carbocycles. The van der Waals surface area contributed by atoms with Crippen LogP contribution in [0, 0.1) is 0 Å². The van der Waals surface area contributed by atoms with E-state index in [4.69, 9.17) is 4.74 Å². The first kappa shape index (κ1) is 16.4. The molecule has 2 atom stereocenters. The van der Waals surface area contributed by atoms with E-state index in [-0.39, 0.29) is 5.91 Å².